The second-order valence-corrected chi connectivity index (χ2v) is 1.52. The number of carbonyl (C=O) groups excluding carboxylic acids is 1. The normalized spacial score (nSPS) is 7.67. The highest BCUT2D eigenvalue weighted by molar-refractivity contribution is 7.78. The Morgan fingerprint density at radius 1 is 1.89 bits per heavy atom. The minimum atomic E-state index is -0.450. The number of thiocarbonyl (C=S) groups is 1. The summed E-state index contributed by atoms with van der Waals surface area (Å²) in [7, 11) is 0. The highest BCUT2D eigenvalue weighted by Gasteiger charge is 1.91. The molecule has 0 unspecified atom stereocenters. The molecular weight excluding hydrogens is 136 g/mol. The zero-order valence-electron chi connectivity index (χ0n) is 4.92. The molecule has 0 atom stereocenters. The quantitative estimate of drug-likeness (QED) is 0.333. The number of carbonyl (C=O) groups is 1. The standard InChI is InChI=1S/C6H7O2S/c1-2-4-8-6(7)3-5-9/h3H,1-2,4H2. The van der Waals surface area contributed by atoms with Gasteiger partial charge in [0.25, 0.3) is 0 Å². The van der Waals surface area contributed by atoms with Gasteiger partial charge in [-0.15, -0.1) is 0 Å². The summed E-state index contributed by atoms with van der Waals surface area (Å²) in [5.74, 6) is -0.450. The summed E-state index contributed by atoms with van der Waals surface area (Å²) in [5, 5.41) is 2.14. The lowest BCUT2D eigenvalue weighted by Gasteiger charge is -1.94. The third kappa shape index (κ3) is 5.21. The van der Waals surface area contributed by atoms with Crippen LogP contribution in [0, 0.1) is 6.92 Å². The zero-order valence-corrected chi connectivity index (χ0v) is 5.74. The molecule has 0 amide bonds. The second-order valence-electron chi connectivity index (χ2n) is 1.28. The number of rotatable bonds is 3. The summed E-state index contributed by atoms with van der Waals surface area (Å²) in [6.07, 6.45) is 1.65. The number of hydrogen-bond acceptors (Lipinski definition) is 3. The number of ether oxygens (including phenoxy) is 1. The molecule has 3 heteroatoms. The molecule has 49 valence electrons. The summed E-state index contributed by atoms with van der Waals surface area (Å²) in [4.78, 5) is 10.4. The van der Waals surface area contributed by atoms with Gasteiger partial charge in [-0.1, -0.05) is 0 Å². The van der Waals surface area contributed by atoms with Gasteiger partial charge in [0.2, 0.25) is 0 Å². The van der Waals surface area contributed by atoms with Crippen LogP contribution in [0.3, 0.4) is 0 Å². The highest BCUT2D eigenvalue weighted by Crippen LogP contribution is 1.80. The van der Waals surface area contributed by atoms with Gasteiger partial charge in [-0.25, -0.2) is 4.79 Å². The Balaban J connectivity index is 3.39. The first-order valence-corrected chi connectivity index (χ1v) is 2.89. The summed E-state index contributed by atoms with van der Waals surface area (Å²) in [6, 6.07) is 0. The van der Waals surface area contributed by atoms with Crippen LogP contribution >= 0.6 is 12.2 Å². The van der Waals surface area contributed by atoms with Gasteiger partial charge >= 0.3 is 5.97 Å². The van der Waals surface area contributed by atoms with E-state index in [0.29, 0.717) is 13.0 Å². The molecule has 2 nitrogen and oxygen atoms in total. The summed E-state index contributed by atoms with van der Waals surface area (Å²) < 4.78 is 4.55. The predicted molar refractivity (Wildman–Crippen MR) is 38.1 cm³/mol. The van der Waals surface area contributed by atoms with Gasteiger partial charge in [-0.3, -0.25) is 0 Å². The molecule has 0 rings (SSSR count). The topological polar surface area (TPSA) is 26.3 Å². The minimum absolute atomic E-state index is 0.340. The first kappa shape index (κ1) is 8.34. The molecule has 0 aromatic heterocycles. The molecule has 0 aromatic carbocycles. The van der Waals surface area contributed by atoms with Crippen LogP contribution in [0.15, 0.2) is 6.08 Å². The van der Waals surface area contributed by atoms with E-state index in [1.807, 2.05) is 0 Å². The van der Waals surface area contributed by atoms with E-state index in [1.54, 1.807) is 0 Å². The van der Waals surface area contributed by atoms with E-state index >= 15 is 0 Å². The zero-order chi connectivity index (χ0) is 7.11. The van der Waals surface area contributed by atoms with Crippen LogP contribution in [0.25, 0.3) is 0 Å². The molecule has 1 radical (unpaired) electrons. The lowest BCUT2D eigenvalue weighted by atomic mass is 10.5. The number of hydrogen-bond donors (Lipinski definition) is 0. The van der Waals surface area contributed by atoms with Gasteiger partial charge in [-0.2, -0.15) is 0 Å². The molecule has 0 bridgehead atoms. The van der Waals surface area contributed by atoms with E-state index in [4.69, 9.17) is 0 Å². The lowest BCUT2D eigenvalue weighted by Crippen LogP contribution is -2.00. The minimum Gasteiger partial charge on any atom is -0.462 e. The monoisotopic (exact) mass is 143 g/mol. The highest BCUT2D eigenvalue weighted by atomic mass is 32.1. The second kappa shape index (κ2) is 5.48. The Morgan fingerprint density at radius 3 is 3.00 bits per heavy atom. The third-order valence-corrected chi connectivity index (χ3v) is 0.683. The van der Waals surface area contributed by atoms with Gasteiger partial charge in [0.05, 0.1) is 12.7 Å². The molecule has 0 spiro atoms. The summed E-state index contributed by atoms with van der Waals surface area (Å²) >= 11 is 4.26. The molecule has 0 saturated carbocycles. The van der Waals surface area contributed by atoms with Gasteiger partial charge in [-0.05, 0) is 30.6 Å². The molecular formula is C6H7O2S. The van der Waals surface area contributed by atoms with Crippen molar-refractivity contribution in [1.82, 2.24) is 0 Å². The van der Waals surface area contributed by atoms with Gasteiger partial charge in [0, 0.05) is 0 Å². The Hall–Kier alpha value is -0.660. The van der Waals surface area contributed by atoms with Crippen molar-refractivity contribution in [2.45, 2.75) is 6.42 Å². The van der Waals surface area contributed by atoms with Crippen LogP contribution in [0.4, 0.5) is 0 Å². The van der Waals surface area contributed by atoms with Crippen LogP contribution in [0.5, 0.6) is 0 Å². The van der Waals surface area contributed by atoms with E-state index in [0.717, 1.165) is 6.08 Å². The Morgan fingerprint density at radius 2 is 2.56 bits per heavy atom. The van der Waals surface area contributed by atoms with Crippen LogP contribution < -0.4 is 0 Å². The van der Waals surface area contributed by atoms with E-state index in [1.165, 1.54) is 0 Å². The fourth-order valence-electron chi connectivity index (χ4n) is 0.263. The van der Waals surface area contributed by atoms with Gasteiger partial charge in [0.1, 0.15) is 0 Å². The van der Waals surface area contributed by atoms with Gasteiger partial charge in [0.15, 0.2) is 0 Å². The van der Waals surface area contributed by atoms with Crippen molar-refractivity contribution in [3.63, 3.8) is 0 Å². The van der Waals surface area contributed by atoms with E-state index in [9.17, 15) is 4.79 Å². The molecule has 0 N–H and O–H groups in total. The smallest absolute Gasteiger partial charge is 0.339 e. The van der Waals surface area contributed by atoms with Gasteiger partial charge < -0.3 is 4.74 Å². The van der Waals surface area contributed by atoms with E-state index < -0.39 is 5.97 Å². The molecule has 0 aliphatic carbocycles. The Labute approximate surface area is 59.5 Å². The lowest BCUT2D eigenvalue weighted by molar-refractivity contribution is -0.137. The van der Waals surface area contributed by atoms with Crippen molar-refractivity contribution in [3.8, 4) is 0 Å². The Bertz CT molecular complexity index is 136. The van der Waals surface area contributed by atoms with E-state index in [-0.39, 0.29) is 0 Å². The average Bonchev–Trinajstić information content (AvgIpc) is 1.85. The van der Waals surface area contributed by atoms with Crippen LogP contribution in [0.2, 0.25) is 0 Å². The maximum atomic E-state index is 10.4. The van der Waals surface area contributed by atoms with Crippen molar-refractivity contribution < 1.29 is 9.53 Å². The maximum absolute atomic E-state index is 10.4. The van der Waals surface area contributed by atoms with Crippen molar-refractivity contribution >= 4 is 23.2 Å². The Kier molecular flexibility index (Phi) is 5.07. The first-order valence-electron chi connectivity index (χ1n) is 2.48. The molecule has 0 aliphatic heterocycles. The average molecular weight is 143 g/mol. The van der Waals surface area contributed by atoms with Crippen molar-refractivity contribution in [3.05, 3.63) is 13.0 Å². The molecule has 0 aliphatic rings. The fraction of sp³-hybridized carbons (Fsp3) is 0.333. The third-order valence-electron chi connectivity index (χ3n) is 0.565. The molecule has 0 heterocycles. The van der Waals surface area contributed by atoms with Crippen LogP contribution in [-0.4, -0.2) is 17.6 Å². The molecule has 0 aromatic rings. The molecule has 9 heavy (non-hydrogen) atoms. The predicted octanol–water partition coefficient (Wildman–Crippen LogP) is 0.909. The first-order chi connectivity index (χ1) is 4.31. The van der Waals surface area contributed by atoms with Crippen LogP contribution in [-0.2, 0) is 9.53 Å². The summed E-state index contributed by atoms with van der Waals surface area (Å²) in [5.41, 5.74) is 0. The largest absolute Gasteiger partial charge is 0.462 e. The molecule has 0 saturated heterocycles. The van der Waals surface area contributed by atoms with E-state index in [2.05, 4.69) is 28.9 Å². The fourth-order valence-corrected chi connectivity index (χ4v) is 0.359. The van der Waals surface area contributed by atoms with Crippen LogP contribution in [0.1, 0.15) is 6.42 Å². The number of esters is 1. The van der Waals surface area contributed by atoms with Crippen molar-refractivity contribution in [2.75, 3.05) is 6.61 Å². The summed E-state index contributed by atoms with van der Waals surface area (Å²) in [6.45, 7) is 3.82. The maximum Gasteiger partial charge on any atom is 0.339 e. The van der Waals surface area contributed by atoms with Crippen molar-refractivity contribution in [1.29, 1.82) is 0 Å². The SMILES string of the molecule is [CH2]CCOC(=O)C=C=S. The molecule has 0 fully saturated rings. The van der Waals surface area contributed by atoms with Crippen molar-refractivity contribution in [2.24, 2.45) is 0 Å².